The lowest BCUT2D eigenvalue weighted by atomic mass is 9.94. The molecular formula is C19H18N4O3S. The Bertz CT molecular complexity index is 1000. The van der Waals surface area contributed by atoms with Crippen molar-refractivity contribution in [1.29, 1.82) is 0 Å². The van der Waals surface area contributed by atoms with Crippen LogP contribution in [0, 0.1) is 0 Å². The Balaban J connectivity index is 1.53. The van der Waals surface area contributed by atoms with Gasteiger partial charge in [0.25, 0.3) is 0 Å². The fourth-order valence-electron chi connectivity index (χ4n) is 3.26. The largest absolute Gasteiger partial charge is 0.467 e. The molecule has 0 N–H and O–H groups in total. The van der Waals surface area contributed by atoms with Gasteiger partial charge >= 0.3 is 5.97 Å². The highest BCUT2D eigenvalue weighted by Crippen LogP contribution is 2.26. The number of hydrogen-bond donors (Lipinski definition) is 0. The molecule has 4 rings (SSSR count). The number of benzene rings is 1. The molecule has 0 unspecified atom stereocenters. The first-order chi connectivity index (χ1) is 13.2. The number of fused-ring (bicyclic) bond motifs is 2. The van der Waals surface area contributed by atoms with Crippen molar-refractivity contribution >= 4 is 29.3 Å². The SMILES string of the molecule is COC(=O)[C@@H]1Cc2ccccc2CN1C(=O)CSc1nnc2ccccn12. The van der Waals surface area contributed by atoms with Crippen molar-refractivity contribution in [2.45, 2.75) is 24.2 Å². The van der Waals surface area contributed by atoms with Crippen LogP contribution in [-0.2, 0) is 27.3 Å². The van der Waals surface area contributed by atoms with Crippen LogP contribution in [0.2, 0.25) is 0 Å². The topological polar surface area (TPSA) is 76.8 Å². The highest BCUT2D eigenvalue weighted by atomic mass is 32.2. The number of aromatic nitrogens is 3. The monoisotopic (exact) mass is 382 g/mol. The molecule has 1 aliphatic rings. The van der Waals surface area contributed by atoms with Gasteiger partial charge in [0, 0.05) is 19.2 Å². The van der Waals surface area contributed by atoms with Gasteiger partial charge < -0.3 is 9.64 Å². The molecule has 0 saturated carbocycles. The maximum Gasteiger partial charge on any atom is 0.328 e. The quantitative estimate of drug-likeness (QED) is 0.507. The van der Waals surface area contributed by atoms with Gasteiger partial charge in [-0.25, -0.2) is 4.79 Å². The Labute approximate surface area is 160 Å². The van der Waals surface area contributed by atoms with E-state index in [-0.39, 0.29) is 11.7 Å². The van der Waals surface area contributed by atoms with Gasteiger partial charge in [-0.15, -0.1) is 10.2 Å². The Morgan fingerprint density at radius 2 is 1.93 bits per heavy atom. The Kier molecular flexibility index (Phi) is 4.81. The molecular weight excluding hydrogens is 364 g/mol. The molecule has 0 radical (unpaired) electrons. The summed E-state index contributed by atoms with van der Waals surface area (Å²) >= 11 is 1.31. The smallest absolute Gasteiger partial charge is 0.328 e. The van der Waals surface area contributed by atoms with E-state index >= 15 is 0 Å². The molecule has 1 amide bonds. The maximum atomic E-state index is 12.9. The van der Waals surface area contributed by atoms with E-state index in [4.69, 9.17) is 4.74 Å². The lowest BCUT2D eigenvalue weighted by Crippen LogP contribution is -2.49. The van der Waals surface area contributed by atoms with Gasteiger partial charge in [0.1, 0.15) is 6.04 Å². The summed E-state index contributed by atoms with van der Waals surface area (Å²) < 4.78 is 6.76. The number of thioether (sulfide) groups is 1. The molecule has 8 heteroatoms. The summed E-state index contributed by atoms with van der Waals surface area (Å²) in [4.78, 5) is 26.8. The summed E-state index contributed by atoms with van der Waals surface area (Å²) in [6.07, 6.45) is 2.32. The summed E-state index contributed by atoms with van der Waals surface area (Å²) in [5.74, 6) is -0.348. The third kappa shape index (κ3) is 3.40. The van der Waals surface area contributed by atoms with Crippen molar-refractivity contribution in [2.75, 3.05) is 12.9 Å². The average molecular weight is 382 g/mol. The molecule has 0 bridgehead atoms. The molecule has 0 fully saturated rings. The van der Waals surface area contributed by atoms with Crippen molar-refractivity contribution in [2.24, 2.45) is 0 Å². The number of carbonyl (C=O) groups is 2. The molecule has 0 aliphatic carbocycles. The van der Waals surface area contributed by atoms with Gasteiger partial charge in [-0.1, -0.05) is 42.1 Å². The van der Waals surface area contributed by atoms with Crippen LogP contribution >= 0.6 is 11.8 Å². The van der Waals surface area contributed by atoms with Crippen molar-refractivity contribution in [1.82, 2.24) is 19.5 Å². The second-order valence-corrected chi connectivity index (χ2v) is 7.18. The standard InChI is InChI=1S/C19H18N4O3S/c1-26-18(25)15-10-13-6-2-3-7-14(13)11-23(15)17(24)12-27-19-21-20-16-8-4-5-9-22(16)19/h2-9,15H,10-12H2,1H3/t15-/m0/s1. The number of methoxy groups -OCH3 is 1. The molecule has 0 spiro atoms. The minimum atomic E-state index is -0.604. The zero-order chi connectivity index (χ0) is 18.8. The van der Waals surface area contributed by atoms with E-state index in [9.17, 15) is 9.59 Å². The van der Waals surface area contributed by atoms with E-state index in [1.54, 1.807) is 4.90 Å². The second-order valence-electron chi connectivity index (χ2n) is 6.23. The van der Waals surface area contributed by atoms with E-state index in [0.717, 1.165) is 16.8 Å². The predicted octanol–water partition coefficient (Wildman–Crippen LogP) is 1.95. The van der Waals surface area contributed by atoms with Crippen molar-refractivity contribution in [3.8, 4) is 0 Å². The van der Waals surface area contributed by atoms with Gasteiger partial charge in [-0.05, 0) is 23.3 Å². The fourth-order valence-corrected chi connectivity index (χ4v) is 4.07. The van der Waals surface area contributed by atoms with Gasteiger partial charge in [0.15, 0.2) is 10.8 Å². The number of hydrogen-bond acceptors (Lipinski definition) is 6. The summed E-state index contributed by atoms with van der Waals surface area (Å²) in [5.41, 5.74) is 2.86. The predicted molar refractivity (Wildman–Crippen MR) is 100 cm³/mol. The lowest BCUT2D eigenvalue weighted by Gasteiger charge is -2.35. The third-order valence-corrected chi connectivity index (χ3v) is 5.58. The molecule has 1 aromatic carbocycles. The van der Waals surface area contributed by atoms with Crippen molar-refractivity contribution in [3.05, 3.63) is 59.8 Å². The Hall–Kier alpha value is -2.87. The summed E-state index contributed by atoms with van der Waals surface area (Å²) in [7, 11) is 1.35. The zero-order valence-corrected chi connectivity index (χ0v) is 15.6. The number of rotatable bonds is 4. The van der Waals surface area contributed by atoms with E-state index in [1.165, 1.54) is 18.9 Å². The number of pyridine rings is 1. The molecule has 2 aromatic heterocycles. The third-order valence-electron chi connectivity index (χ3n) is 4.65. The van der Waals surface area contributed by atoms with E-state index in [0.29, 0.717) is 18.1 Å². The normalized spacial score (nSPS) is 16.2. The van der Waals surface area contributed by atoms with E-state index in [2.05, 4.69) is 10.2 Å². The number of nitrogens with zero attached hydrogens (tertiary/aromatic N) is 4. The molecule has 0 saturated heterocycles. The fraction of sp³-hybridized carbons (Fsp3) is 0.263. The van der Waals surface area contributed by atoms with Gasteiger partial charge in [-0.3, -0.25) is 9.20 Å². The molecule has 1 aliphatic heterocycles. The molecule has 3 heterocycles. The Morgan fingerprint density at radius 1 is 1.15 bits per heavy atom. The van der Waals surface area contributed by atoms with Crippen LogP contribution in [0.3, 0.4) is 0 Å². The molecule has 3 aromatic rings. The van der Waals surface area contributed by atoms with Crippen molar-refractivity contribution < 1.29 is 14.3 Å². The summed E-state index contributed by atoms with van der Waals surface area (Å²) in [6, 6.07) is 12.9. The summed E-state index contributed by atoms with van der Waals surface area (Å²) in [5, 5.41) is 8.87. The number of amides is 1. The van der Waals surface area contributed by atoms with E-state index in [1.807, 2.05) is 53.1 Å². The minimum Gasteiger partial charge on any atom is -0.467 e. The first-order valence-corrected chi connectivity index (χ1v) is 9.52. The molecule has 7 nitrogen and oxygen atoms in total. The van der Waals surface area contributed by atoms with Crippen molar-refractivity contribution in [3.63, 3.8) is 0 Å². The summed E-state index contributed by atoms with van der Waals surface area (Å²) in [6.45, 7) is 0.399. The second kappa shape index (κ2) is 7.40. The minimum absolute atomic E-state index is 0.127. The molecule has 138 valence electrons. The Morgan fingerprint density at radius 3 is 2.74 bits per heavy atom. The zero-order valence-electron chi connectivity index (χ0n) is 14.7. The molecule has 1 atom stereocenters. The highest BCUT2D eigenvalue weighted by molar-refractivity contribution is 7.99. The van der Waals surface area contributed by atoms with Crippen LogP contribution in [-0.4, -0.2) is 50.3 Å². The van der Waals surface area contributed by atoms with Gasteiger partial charge in [-0.2, -0.15) is 0 Å². The van der Waals surface area contributed by atoms with Crippen LogP contribution in [0.1, 0.15) is 11.1 Å². The van der Waals surface area contributed by atoms with Crippen LogP contribution < -0.4 is 0 Å². The van der Waals surface area contributed by atoms with Gasteiger partial charge in [0.05, 0.1) is 12.9 Å². The average Bonchev–Trinajstić information content (AvgIpc) is 3.13. The first kappa shape index (κ1) is 17.5. The van der Waals surface area contributed by atoms with Crippen LogP contribution in [0.4, 0.5) is 0 Å². The van der Waals surface area contributed by atoms with Crippen LogP contribution in [0.15, 0.2) is 53.8 Å². The maximum absolute atomic E-state index is 12.9. The number of carbonyl (C=O) groups excluding carboxylic acids is 2. The first-order valence-electron chi connectivity index (χ1n) is 8.54. The van der Waals surface area contributed by atoms with Crippen LogP contribution in [0.5, 0.6) is 0 Å². The van der Waals surface area contributed by atoms with E-state index < -0.39 is 12.0 Å². The molecule has 27 heavy (non-hydrogen) atoms. The van der Waals surface area contributed by atoms with Gasteiger partial charge in [0.2, 0.25) is 5.91 Å². The lowest BCUT2D eigenvalue weighted by molar-refractivity contribution is -0.153. The highest BCUT2D eigenvalue weighted by Gasteiger charge is 2.35. The number of esters is 1. The van der Waals surface area contributed by atoms with Crippen LogP contribution in [0.25, 0.3) is 5.65 Å². The number of ether oxygens (including phenoxy) is 1.